The van der Waals surface area contributed by atoms with E-state index in [4.69, 9.17) is 9.47 Å². The average Bonchev–Trinajstić information content (AvgIpc) is 3.16. The SMILES string of the molecule is CCc1ccc(CCOc2ccc(CC3SC(=O)N([C@@H]4O[C@H](C(=O)O)[C@@H](O)[C@H](O)[C@H]4O)C3=O)cc2)nc1. The van der Waals surface area contributed by atoms with Gasteiger partial charge in [0, 0.05) is 18.3 Å². The Bertz CT molecular complexity index is 1130. The van der Waals surface area contributed by atoms with Crippen LogP contribution in [0.5, 0.6) is 5.75 Å². The Kier molecular flexibility index (Phi) is 8.45. The van der Waals surface area contributed by atoms with Crippen LogP contribution in [0.25, 0.3) is 0 Å². The zero-order valence-electron chi connectivity index (χ0n) is 20.0. The van der Waals surface area contributed by atoms with Crippen molar-refractivity contribution in [3.8, 4) is 5.75 Å². The van der Waals surface area contributed by atoms with Crippen LogP contribution < -0.4 is 4.74 Å². The van der Waals surface area contributed by atoms with Gasteiger partial charge in [0.25, 0.3) is 5.24 Å². The van der Waals surface area contributed by atoms with Crippen LogP contribution in [0.3, 0.4) is 0 Å². The fourth-order valence-electron chi connectivity index (χ4n) is 4.13. The number of nitrogens with zero attached hydrogens (tertiary/aromatic N) is 2. The summed E-state index contributed by atoms with van der Waals surface area (Å²) in [5.41, 5.74) is 2.87. The fourth-order valence-corrected chi connectivity index (χ4v) is 5.17. The predicted molar refractivity (Wildman–Crippen MR) is 131 cm³/mol. The quantitative estimate of drug-likeness (QED) is 0.360. The molecule has 2 amide bonds. The Morgan fingerprint density at radius 3 is 2.38 bits per heavy atom. The van der Waals surface area contributed by atoms with Gasteiger partial charge in [-0.1, -0.05) is 36.9 Å². The van der Waals surface area contributed by atoms with Crippen LogP contribution in [-0.4, -0.2) is 89.9 Å². The lowest BCUT2D eigenvalue weighted by Crippen LogP contribution is -2.65. The van der Waals surface area contributed by atoms with E-state index in [0.717, 1.165) is 29.4 Å². The van der Waals surface area contributed by atoms with Gasteiger partial charge in [-0.15, -0.1) is 0 Å². The van der Waals surface area contributed by atoms with Crippen molar-refractivity contribution in [3.63, 3.8) is 0 Å². The van der Waals surface area contributed by atoms with Gasteiger partial charge in [0.05, 0.1) is 11.9 Å². The largest absolute Gasteiger partial charge is 0.493 e. The first-order valence-electron chi connectivity index (χ1n) is 11.8. The maximum absolute atomic E-state index is 13.0. The van der Waals surface area contributed by atoms with Crippen molar-refractivity contribution in [3.05, 3.63) is 59.4 Å². The van der Waals surface area contributed by atoms with Crippen molar-refractivity contribution in [2.24, 2.45) is 0 Å². The van der Waals surface area contributed by atoms with Gasteiger partial charge in [-0.3, -0.25) is 14.6 Å². The Hall–Kier alpha value is -3.03. The molecule has 0 radical (unpaired) electrons. The monoisotopic (exact) mass is 532 g/mol. The number of carboxylic acids is 1. The van der Waals surface area contributed by atoms with Gasteiger partial charge in [0.15, 0.2) is 12.3 Å². The van der Waals surface area contributed by atoms with Crippen LogP contribution >= 0.6 is 11.8 Å². The van der Waals surface area contributed by atoms with Crippen LogP contribution in [0, 0.1) is 0 Å². The summed E-state index contributed by atoms with van der Waals surface area (Å²) in [5, 5.41) is 37.8. The van der Waals surface area contributed by atoms with E-state index in [1.54, 1.807) is 24.3 Å². The lowest BCUT2D eigenvalue weighted by atomic mass is 9.97. The number of carboxylic acid groups (broad SMARTS) is 1. The summed E-state index contributed by atoms with van der Waals surface area (Å²) in [5.74, 6) is -1.64. The second-order valence-electron chi connectivity index (χ2n) is 8.80. The third-order valence-electron chi connectivity index (χ3n) is 6.30. The number of aryl methyl sites for hydroxylation is 1. The van der Waals surface area contributed by atoms with E-state index in [2.05, 4.69) is 11.9 Å². The highest BCUT2D eigenvalue weighted by atomic mass is 32.2. The third-order valence-corrected chi connectivity index (χ3v) is 7.36. The summed E-state index contributed by atoms with van der Waals surface area (Å²) in [7, 11) is 0. The molecule has 0 saturated carbocycles. The molecule has 3 heterocycles. The van der Waals surface area contributed by atoms with Gasteiger partial charge in [-0.25, -0.2) is 9.69 Å². The molecule has 1 unspecified atom stereocenters. The highest BCUT2D eigenvalue weighted by molar-refractivity contribution is 8.15. The molecule has 2 saturated heterocycles. The van der Waals surface area contributed by atoms with Gasteiger partial charge in [-0.2, -0.15) is 0 Å². The second kappa shape index (κ2) is 11.6. The molecular weight excluding hydrogens is 504 g/mol. The molecule has 4 rings (SSSR count). The molecule has 0 aliphatic carbocycles. The molecule has 4 N–H and O–H groups in total. The third kappa shape index (κ3) is 5.94. The summed E-state index contributed by atoms with van der Waals surface area (Å²) >= 11 is 0.719. The number of carbonyl (C=O) groups excluding carboxylic acids is 2. The number of imide groups is 1. The minimum Gasteiger partial charge on any atom is -0.493 e. The molecule has 11 nitrogen and oxygen atoms in total. The smallest absolute Gasteiger partial charge is 0.335 e. The molecule has 0 spiro atoms. The number of hydrogen-bond acceptors (Lipinski definition) is 10. The van der Waals surface area contributed by atoms with Gasteiger partial charge < -0.3 is 29.9 Å². The molecule has 12 heteroatoms. The molecule has 1 aromatic carbocycles. The second-order valence-corrected chi connectivity index (χ2v) is 9.95. The number of ether oxygens (including phenoxy) is 2. The van der Waals surface area contributed by atoms with E-state index in [1.165, 1.54) is 5.56 Å². The maximum Gasteiger partial charge on any atom is 0.335 e. The van der Waals surface area contributed by atoms with Crippen LogP contribution in [0.2, 0.25) is 0 Å². The number of benzene rings is 1. The number of aromatic nitrogens is 1. The Balaban J connectivity index is 1.33. The lowest BCUT2D eigenvalue weighted by molar-refractivity contribution is -0.249. The maximum atomic E-state index is 13.0. The molecule has 2 aliphatic heterocycles. The lowest BCUT2D eigenvalue weighted by Gasteiger charge is -2.41. The van der Waals surface area contributed by atoms with E-state index < -0.39 is 53.0 Å². The Morgan fingerprint density at radius 1 is 1.05 bits per heavy atom. The zero-order chi connectivity index (χ0) is 26.7. The van der Waals surface area contributed by atoms with Gasteiger partial charge in [0.1, 0.15) is 24.1 Å². The van der Waals surface area contributed by atoms with E-state index in [-0.39, 0.29) is 6.42 Å². The molecule has 198 valence electrons. The number of carbonyl (C=O) groups is 3. The van der Waals surface area contributed by atoms with E-state index in [9.17, 15) is 34.8 Å². The van der Waals surface area contributed by atoms with Crippen LogP contribution in [0.4, 0.5) is 4.79 Å². The number of aliphatic hydroxyl groups is 3. The van der Waals surface area contributed by atoms with E-state index in [1.807, 2.05) is 18.3 Å². The number of rotatable bonds is 9. The molecular formula is C25H28N2O9S. The van der Waals surface area contributed by atoms with Gasteiger partial charge >= 0.3 is 5.97 Å². The molecule has 0 bridgehead atoms. The first kappa shape index (κ1) is 27.0. The van der Waals surface area contributed by atoms with Crippen molar-refractivity contribution >= 4 is 28.9 Å². The topological polar surface area (TPSA) is 167 Å². The van der Waals surface area contributed by atoms with Crippen molar-refractivity contribution in [2.45, 2.75) is 62.1 Å². The molecule has 1 aromatic heterocycles. The van der Waals surface area contributed by atoms with Crippen LogP contribution in [0.15, 0.2) is 42.6 Å². The first-order valence-corrected chi connectivity index (χ1v) is 12.7. The molecule has 2 aliphatic rings. The number of aliphatic hydroxyl groups excluding tert-OH is 3. The minimum absolute atomic E-state index is 0.191. The van der Waals surface area contributed by atoms with Crippen LogP contribution in [0.1, 0.15) is 23.7 Å². The van der Waals surface area contributed by atoms with E-state index in [0.29, 0.717) is 23.7 Å². The van der Waals surface area contributed by atoms with Gasteiger partial charge in [0.2, 0.25) is 5.91 Å². The number of thioether (sulfide) groups is 1. The number of amides is 2. The number of pyridine rings is 1. The number of hydrogen-bond donors (Lipinski definition) is 4. The standard InChI is InChI=1S/C25H28N2O9S/c1-2-13-3-6-15(26-12-13)9-10-35-16-7-4-14(5-8-16)11-17-22(31)27(25(34)37-17)23-20(30)18(28)19(29)21(36-23)24(32)33/h3-8,12,17-21,23,28-30H,2,9-11H2,1H3,(H,32,33)/t17?,18-,19-,20+,21-,23+/m0/s1. The molecule has 2 aromatic rings. The minimum atomic E-state index is -1.92. The Morgan fingerprint density at radius 2 is 1.76 bits per heavy atom. The summed E-state index contributed by atoms with van der Waals surface area (Å²) in [6.07, 6.45) is -5.71. The highest BCUT2D eigenvalue weighted by Gasteiger charge is 2.54. The highest BCUT2D eigenvalue weighted by Crippen LogP contribution is 2.35. The van der Waals surface area contributed by atoms with Crippen molar-refractivity contribution in [2.75, 3.05) is 6.61 Å². The summed E-state index contributed by atoms with van der Waals surface area (Å²) in [6, 6.07) is 11.1. The molecule has 6 atom stereocenters. The zero-order valence-corrected chi connectivity index (χ0v) is 20.8. The Labute approximate surface area is 217 Å². The van der Waals surface area contributed by atoms with Crippen molar-refractivity contribution < 1.29 is 44.3 Å². The normalized spacial score (nSPS) is 27.9. The van der Waals surface area contributed by atoms with Crippen LogP contribution in [-0.2, 0) is 33.6 Å². The fraction of sp³-hybridized carbons (Fsp3) is 0.440. The van der Waals surface area contributed by atoms with Crippen molar-refractivity contribution in [1.29, 1.82) is 0 Å². The average molecular weight is 533 g/mol. The van der Waals surface area contributed by atoms with E-state index >= 15 is 0 Å². The first-order chi connectivity index (χ1) is 17.7. The number of aliphatic carboxylic acids is 1. The van der Waals surface area contributed by atoms with Gasteiger partial charge in [-0.05, 0) is 42.2 Å². The summed E-state index contributed by atoms with van der Waals surface area (Å²) in [4.78, 5) is 41.9. The summed E-state index contributed by atoms with van der Waals surface area (Å²) in [6.45, 7) is 2.52. The molecule has 37 heavy (non-hydrogen) atoms. The summed E-state index contributed by atoms with van der Waals surface area (Å²) < 4.78 is 10.9. The van der Waals surface area contributed by atoms with Crippen molar-refractivity contribution in [1.82, 2.24) is 9.88 Å². The molecule has 2 fully saturated rings. The predicted octanol–water partition coefficient (Wildman–Crippen LogP) is 0.764.